The highest BCUT2D eigenvalue weighted by Gasteiger charge is 2.15. The molecule has 17 heavy (non-hydrogen) atoms. The molecule has 0 amide bonds. The molecule has 1 rings (SSSR count). The normalized spacial score (nSPS) is 12.9. The summed E-state index contributed by atoms with van der Waals surface area (Å²) in [4.78, 5) is 0. The van der Waals surface area contributed by atoms with Crippen LogP contribution in [-0.2, 0) is 29.5 Å². The van der Waals surface area contributed by atoms with Crippen LogP contribution >= 0.6 is 15.9 Å². The van der Waals surface area contributed by atoms with Gasteiger partial charge in [-0.2, -0.15) is 5.10 Å². The highest BCUT2D eigenvalue weighted by molar-refractivity contribution is 9.10. The summed E-state index contributed by atoms with van der Waals surface area (Å²) in [5.41, 5.74) is 7.50. The topological polar surface area (TPSA) is 60.9 Å². The third-order valence-electron chi connectivity index (χ3n) is 2.57. The molecule has 0 saturated carbocycles. The third-order valence-corrected chi connectivity index (χ3v) is 4.82. The summed E-state index contributed by atoms with van der Waals surface area (Å²) >= 11 is 3.56. The van der Waals surface area contributed by atoms with Gasteiger partial charge in [0, 0.05) is 23.1 Å². The molecule has 0 spiro atoms. The number of nitrogens with two attached hydrogens (primary N) is 1. The maximum Gasteiger partial charge on any atom is 0.0767 e. The molecule has 1 atom stereocenters. The molecule has 0 aromatic carbocycles. The van der Waals surface area contributed by atoms with Crippen LogP contribution in [0.4, 0.5) is 0 Å². The van der Waals surface area contributed by atoms with Crippen LogP contribution in [0.5, 0.6) is 0 Å². The van der Waals surface area contributed by atoms with Crippen LogP contribution < -0.4 is 5.73 Å². The van der Waals surface area contributed by atoms with Crippen LogP contribution in [0.25, 0.3) is 0 Å². The van der Waals surface area contributed by atoms with Crippen molar-refractivity contribution < 1.29 is 4.21 Å². The van der Waals surface area contributed by atoms with E-state index in [4.69, 9.17) is 5.73 Å². The van der Waals surface area contributed by atoms with E-state index in [2.05, 4.69) is 28.0 Å². The largest absolute Gasteiger partial charge is 0.330 e. The molecule has 98 valence electrons. The van der Waals surface area contributed by atoms with Crippen molar-refractivity contribution in [1.29, 1.82) is 0 Å². The monoisotopic (exact) mass is 321 g/mol. The molecule has 2 N–H and O–H groups in total. The highest BCUT2D eigenvalue weighted by atomic mass is 79.9. The molecule has 1 aromatic heterocycles. The Morgan fingerprint density at radius 2 is 2.18 bits per heavy atom. The second kappa shape index (κ2) is 7.28. The van der Waals surface area contributed by atoms with Gasteiger partial charge in [0.1, 0.15) is 0 Å². The fourth-order valence-corrected chi connectivity index (χ4v) is 3.75. The van der Waals surface area contributed by atoms with E-state index < -0.39 is 10.8 Å². The standard InChI is InChI=1S/C11H20BrN3OS/c1-3-9-11(12)10(15(4-2)14-9)8-17(16)7-5-6-13/h3-8,13H2,1-2H3. The van der Waals surface area contributed by atoms with Gasteiger partial charge < -0.3 is 5.73 Å². The number of hydrogen-bond acceptors (Lipinski definition) is 3. The summed E-state index contributed by atoms with van der Waals surface area (Å²) in [5.74, 6) is 1.22. The lowest BCUT2D eigenvalue weighted by Crippen LogP contribution is -2.11. The zero-order valence-electron chi connectivity index (χ0n) is 10.4. The lowest BCUT2D eigenvalue weighted by molar-refractivity contribution is 0.623. The smallest absolute Gasteiger partial charge is 0.0767 e. The summed E-state index contributed by atoms with van der Waals surface area (Å²) in [6.45, 7) is 5.52. The zero-order chi connectivity index (χ0) is 12.8. The molecule has 0 aliphatic carbocycles. The molecule has 4 nitrogen and oxygen atoms in total. The molecule has 0 saturated heterocycles. The van der Waals surface area contributed by atoms with E-state index in [0.717, 1.165) is 35.2 Å². The fourth-order valence-electron chi connectivity index (χ4n) is 1.62. The molecular weight excluding hydrogens is 302 g/mol. The average molecular weight is 322 g/mol. The maximum absolute atomic E-state index is 11.9. The van der Waals surface area contributed by atoms with Gasteiger partial charge in [-0.1, -0.05) is 6.92 Å². The van der Waals surface area contributed by atoms with E-state index in [9.17, 15) is 4.21 Å². The number of aryl methyl sites for hydroxylation is 2. The lowest BCUT2D eigenvalue weighted by atomic mass is 10.3. The van der Waals surface area contributed by atoms with Crippen molar-refractivity contribution in [3.05, 3.63) is 15.9 Å². The number of nitrogens with zero attached hydrogens (tertiary/aromatic N) is 2. The Hall–Kier alpha value is -0.200. The lowest BCUT2D eigenvalue weighted by Gasteiger charge is -2.05. The van der Waals surface area contributed by atoms with Gasteiger partial charge in [0.25, 0.3) is 0 Å². The van der Waals surface area contributed by atoms with Gasteiger partial charge in [-0.15, -0.1) is 0 Å². The van der Waals surface area contributed by atoms with E-state index in [-0.39, 0.29) is 0 Å². The minimum absolute atomic E-state index is 0.557. The van der Waals surface area contributed by atoms with Crippen LogP contribution in [0, 0.1) is 0 Å². The van der Waals surface area contributed by atoms with E-state index >= 15 is 0 Å². The van der Waals surface area contributed by atoms with Crippen molar-refractivity contribution in [2.24, 2.45) is 5.73 Å². The van der Waals surface area contributed by atoms with E-state index in [0.29, 0.717) is 18.1 Å². The first-order valence-corrected chi connectivity index (χ1v) is 8.21. The van der Waals surface area contributed by atoms with Crippen molar-refractivity contribution >= 4 is 26.7 Å². The fraction of sp³-hybridized carbons (Fsp3) is 0.727. The second-order valence-corrected chi connectivity index (χ2v) is 6.18. The second-order valence-electron chi connectivity index (χ2n) is 3.81. The highest BCUT2D eigenvalue weighted by Crippen LogP contribution is 2.23. The van der Waals surface area contributed by atoms with Crippen molar-refractivity contribution in [1.82, 2.24) is 9.78 Å². The Morgan fingerprint density at radius 1 is 1.47 bits per heavy atom. The SMILES string of the molecule is CCc1nn(CC)c(CS(=O)CCCN)c1Br. The molecule has 0 aliphatic rings. The average Bonchev–Trinajstić information content (AvgIpc) is 2.63. The van der Waals surface area contributed by atoms with E-state index in [1.54, 1.807) is 0 Å². The first-order chi connectivity index (χ1) is 8.13. The Kier molecular flexibility index (Phi) is 6.37. The van der Waals surface area contributed by atoms with Crippen LogP contribution in [-0.4, -0.2) is 26.3 Å². The third kappa shape index (κ3) is 3.89. The van der Waals surface area contributed by atoms with Gasteiger partial charge in [0.15, 0.2) is 0 Å². The van der Waals surface area contributed by atoms with Gasteiger partial charge in [0.05, 0.1) is 21.6 Å². The van der Waals surface area contributed by atoms with Crippen molar-refractivity contribution in [3.8, 4) is 0 Å². The van der Waals surface area contributed by atoms with Crippen molar-refractivity contribution in [3.63, 3.8) is 0 Å². The Balaban J connectivity index is 2.81. The van der Waals surface area contributed by atoms with Crippen LogP contribution in [0.15, 0.2) is 4.47 Å². The molecule has 0 bridgehead atoms. The minimum atomic E-state index is -0.853. The van der Waals surface area contributed by atoms with E-state index in [1.165, 1.54) is 0 Å². The molecule has 1 aromatic rings. The Bertz CT molecular complexity index is 392. The first kappa shape index (κ1) is 14.9. The van der Waals surface area contributed by atoms with Gasteiger partial charge in [-0.05, 0) is 42.2 Å². The maximum atomic E-state index is 11.9. The van der Waals surface area contributed by atoms with E-state index in [1.807, 2.05) is 11.6 Å². The number of rotatable bonds is 7. The summed E-state index contributed by atoms with van der Waals surface area (Å²) in [7, 11) is -0.853. The van der Waals surface area contributed by atoms with Gasteiger partial charge in [-0.3, -0.25) is 8.89 Å². The van der Waals surface area contributed by atoms with Gasteiger partial charge in [-0.25, -0.2) is 0 Å². The predicted molar refractivity (Wildman–Crippen MR) is 75.4 cm³/mol. The van der Waals surface area contributed by atoms with Crippen molar-refractivity contribution in [2.45, 2.75) is 39.0 Å². The number of halogens is 1. The summed E-state index contributed by atoms with van der Waals surface area (Å²) < 4.78 is 14.8. The molecule has 0 radical (unpaired) electrons. The molecule has 0 fully saturated rings. The van der Waals surface area contributed by atoms with Crippen LogP contribution in [0.3, 0.4) is 0 Å². The first-order valence-electron chi connectivity index (χ1n) is 5.93. The van der Waals surface area contributed by atoms with Gasteiger partial charge in [0.2, 0.25) is 0 Å². The zero-order valence-corrected chi connectivity index (χ0v) is 12.8. The molecule has 1 unspecified atom stereocenters. The van der Waals surface area contributed by atoms with Crippen molar-refractivity contribution in [2.75, 3.05) is 12.3 Å². The molecule has 1 heterocycles. The number of hydrogen-bond donors (Lipinski definition) is 1. The van der Waals surface area contributed by atoms with Crippen LogP contribution in [0.1, 0.15) is 31.7 Å². The van der Waals surface area contributed by atoms with Crippen LogP contribution in [0.2, 0.25) is 0 Å². The summed E-state index contributed by atoms with van der Waals surface area (Å²) in [5, 5.41) is 4.49. The number of aromatic nitrogens is 2. The van der Waals surface area contributed by atoms with Gasteiger partial charge >= 0.3 is 0 Å². The quantitative estimate of drug-likeness (QED) is 0.833. The Labute approximate surface area is 114 Å². The Morgan fingerprint density at radius 3 is 2.71 bits per heavy atom. The molecule has 0 aliphatic heterocycles. The predicted octanol–water partition coefficient (Wildman–Crippen LogP) is 1.83. The molecule has 6 heteroatoms. The summed E-state index contributed by atoms with van der Waals surface area (Å²) in [6.07, 6.45) is 1.70. The minimum Gasteiger partial charge on any atom is -0.330 e. The summed E-state index contributed by atoms with van der Waals surface area (Å²) in [6, 6.07) is 0. The molecular formula is C11H20BrN3OS.